The Hall–Kier alpha value is -1.02. The van der Waals surface area contributed by atoms with Crippen molar-refractivity contribution in [1.82, 2.24) is 0 Å². The molecular weight excluding hydrogens is 208 g/mol. The summed E-state index contributed by atoms with van der Waals surface area (Å²) in [6.45, 7) is 10.6. The van der Waals surface area contributed by atoms with Crippen LogP contribution in [0.15, 0.2) is 12.1 Å². The molecule has 0 bridgehead atoms. The van der Waals surface area contributed by atoms with E-state index >= 15 is 0 Å². The molecule has 0 heterocycles. The van der Waals surface area contributed by atoms with E-state index in [0.29, 0.717) is 5.92 Å². The van der Waals surface area contributed by atoms with Gasteiger partial charge in [0.1, 0.15) is 0 Å². The molecule has 0 fully saturated rings. The Morgan fingerprint density at radius 2 is 1.82 bits per heavy atom. The van der Waals surface area contributed by atoms with Crippen molar-refractivity contribution in [1.29, 1.82) is 0 Å². The van der Waals surface area contributed by atoms with Gasteiger partial charge in [0.05, 0.1) is 0 Å². The van der Waals surface area contributed by atoms with Crippen molar-refractivity contribution in [3.63, 3.8) is 0 Å². The van der Waals surface area contributed by atoms with Crippen LogP contribution in [0.5, 0.6) is 0 Å². The van der Waals surface area contributed by atoms with Gasteiger partial charge in [-0.25, -0.2) is 0 Å². The van der Waals surface area contributed by atoms with Crippen LogP contribution in [0, 0.1) is 26.7 Å². The first-order valence-electron chi connectivity index (χ1n) is 6.45. The van der Waals surface area contributed by atoms with E-state index in [4.69, 9.17) is 5.73 Å². The standard InChI is InChI=1S/C15H26N2/c1-11(10-16)8-9-17(5)15-7-6-12(2)13(3)14(15)4/h6-7,11H,8-10,16H2,1-5H3. The van der Waals surface area contributed by atoms with Gasteiger partial charge in [-0.1, -0.05) is 13.0 Å². The third kappa shape index (κ3) is 3.47. The summed E-state index contributed by atoms with van der Waals surface area (Å²) in [5.41, 5.74) is 11.2. The highest BCUT2D eigenvalue weighted by molar-refractivity contribution is 5.57. The largest absolute Gasteiger partial charge is 0.374 e. The van der Waals surface area contributed by atoms with E-state index in [1.54, 1.807) is 0 Å². The van der Waals surface area contributed by atoms with Crippen LogP contribution in [0.4, 0.5) is 5.69 Å². The lowest BCUT2D eigenvalue weighted by Gasteiger charge is -2.24. The number of nitrogens with two attached hydrogens (primary N) is 1. The molecule has 1 unspecified atom stereocenters. The molecule has 1 rings (SSSR count). The molecule has 0 radical (unpaired) electrons. The first kappa shape index (κ1) is 14.0. The Labute approximate surface area is 106 Å². The number of hydrogen-bond acceptors (Lipinski definition) is 2. The summed E-state index contributed by atoms with van der Waals surface area (Å²) < 4.78 is 0. The minimum Gasteiger partial charge on any atom is -0.374 e. The Kier molecular flexibility index (Phi) is 5.01. The molecule has 0 spiro atoms. The van der Waals surface area contributed by atoms with Crippen LogP contribution < -0.4 is 10.6 Å². The average Bonchev–Trinajstić information content (AvgIpc) is 2.32. The minimum absolute atomic E-state index is 0.601. The average molecular weight is 234 g/mol. The van der Waals surface area contributed by atoms with Crippen molar-refractivity contribution >= 4 is 5.69 Å². The molecule has 96 valence electrons. The second-order valence-electron chi connectivity index (χ2n) is 5.20. The number of rotatable bonds is 5. The third-order valence-electron chi connectivity index (χ3n) is 3.80. The van der Waals surface area contributed by atoms with E-state index in [1.807, 2.05) is 0 Å². The smallest absolute Gasteiger partial charge is 0.0396 e. The monoisotopic (exact) mass is 234 g/mol. The summed E-state index contributed by atoms with van der Waals surface area (Å²) in [4.78, 5) is 2.34. The highest BCUT2D eigenvalue weighted by atomic mass is 15.1. The van der Waals surface area contributed by atoms with Crippen LogP contribution in [-0.4, -0.2) is 20.1 Å². The molecule has 1 aromatic carbocycles. The van der Waals surface area contributed by atoms with Gasteiger partial charge in [0.2, 0.25) is 0 Å². The van der Waals surface area contributed by atoms with Crippen molar-refractivity contribution < 1.29 is 0 Å². The quantitative estimate of drug-likeness (QED) is 0.848. The summed E-state index contributed by atoms with van der Waals surface area (Å²) in [5.74, 6) is 0.601. The summed E-state index contributed by atoms with van der Waals surface area (Å²) >= 11 is 0. The molecule has 2 nitrogen and oxygen atoms in total. The second-order valence-corrected chi connectivity index (χ2v) is 5.20. The minimum atomic E-state index is 0.601. The van der Waals surface area contributed by atoms with Gasteiger partial charge in [0.25, 0.3) is 0 Å². The summed E-state index contributed by atoms with van der Waals surface area (Å²) in [6, 6.07) is 4.44. The lowest BCUT2D eigenvalue weighted by Crippen LogP contribution is -2.23. The summed E-state index contributed by atoms with van der Waals surface area (Å²) in [6.07, 6.45) is 1.15. The van der Waals surface area contributed by atoms with E-state index in [2.05, 4.69) is 51.8 Å². The molecule has 2 N–H and O–H groups in total. The van der Waals surface area contributed by atoms with Crippen molar-refractivity contribution in [3.8, 4) is 0 Å². The lowest BCUT2D eigenvalue weighted by atomic mass is 10.0. The number of aryl methyl sites for hydroxylation is 1. The maximum atomic E-state index is 5.65. The van der Waals surface area contributed by atoms with E-state index in [1.165, 1.54) is 22.4 Å². The number of anilines is 1. The molecule has 17 heavy (non-hydrogen) atoms. The molecule has 2 heteroatoms. The van der Waals surface area contributed by atoms with Gasteiger partial charge in [-0.05, 0) is 62.4 Å². The summed E-state index contributed by atoms with van der Waals surface area (Å²) in [7, 11) is 2.17. The first-order chi connectivity index (χ1) is 7.97. The van der Waals surface area contributed by atoms with Gasteiger partial charge in [-0.3, -0.25) is 0 Å². The van der Waals surface area contributed by atoms with E-state index in [0.717, 1.165) is 19.5 Å². The number of benzene rings is 1. The molecule has 0 saturated carbocycles. The van der Waals surface area contributed by atoms with E-state index < -0.39 is 0 Å². The van der Waals surface area contributed by atoms with Crippen molar-refractivity contribution in [3.05, 3.63) is 28.8 Å². The van der Waals surface area contributed by atoms with Gasteiger partial charge in [0.15, 0.2) is 0 Å². The maximum Gasteiger partial charge on any atom is 0.0396 e. The van der Waals surface area contributed by atoms with Crippen LogP contribution >= 0.6 is 0 Å². The third-order valence-corrected chi connectivity index (χ3v) is 3.80. The fourth-order valence-electron chi connectivity index (χ4n) is 2.01. The molecule has 1 aromatic rings. The van der Waals surface area contributed by atoms with Crippen molar-refractivity contribution in [2.24, 2.45) is 11.7 Å². The fraction of sp³-hybridized carbons (Fsp3) is 0.600. The van der Waals surface area contributed by atoms with Crippen LogP contribution in [0.25, 0.3) is 0 Å². The number of hydrogen-bond donors (Lipinski definition) is 1. The molecule has 1 atom stereocenters. The predicted octanol–water partition coefficient (Wildman–Crippen LogP) is 3.03. The van der Waals surface area contributed by atoms with Crippen molar-refractivity contribution in [2.45, 2.75) is 34.1 Å². The van der Waals surface area contributed by atoms with Crippen LogP contribution in [0.2, 0.25) is 0 Å². The molecule has 0 amide bonds. The van der Waals surface area contributed by atoms with Crippen LogP contribution in [0.3, 0.4) is 0 Å². The Bertz CT molecular complexity index is 371. The lowest BCUT2D eigenvalue weighted by molar-refractivity contribution is 0.545. The van der Waals surface area contributed by atoms with Gasteiger partial charge in [-0.15, -0.1) is 0 Å². The zero-order valence-electron chi connectivity index (χ0n) is 11.9. The highest BCUT2D eigenvalue weighted by Crippen LogP contribution is 2.24. The highest BCUT2D eigenvalue weighted by Gasteiger charge is 2.09. The number of nitrogens with zero attached hydrogens (tertiary/aromatic N) is 1. The molecular formula is C15H26N2. The van der Waals surface area contributed by atoms with Gasteiger partial charge in [-0.2, -0.15) is 0 Å². The molecule has 0 aliphatic heterocycles. The molecule has 0 aliphatic carbocycles. The molecule has 0 saturated heterocycles. The molecule has 0 aromatic heterocycles. The van der Waals surface area contributed by atoms with Crippen LogP contribution in [-0.2, 0) is 0 Å². The van der Waals surface area contributed by atoms with Crippen molar-refractivity contribution in [2.75, 3.05) is 25.0 Å². The molecule has 0 aliphatic rings. The van der Waals surface area contributed by atoms with Crippen LogP contribution in [0.1, 0.15) is 30.0 Å². The second kappa shape index (κ2) is 6.06. The Morgan fingerprint density at radius 3 is 2.41 bits per heavy atom. The fourth-order valence-corrected chi connectivity index (χ4v) is 2.01. The van der Waals surface area contributed by atoms with Gasteiger partial charge >= 0.3 is 0 Å². The van der Waals surface area contributed by atoms with E-state index in [9.17, 15) is 0 Å². The SMILES string of the molecule is Cc1ccc(N(C)CCC(C)CN)c(C)c1C. The maximum absolute atomic E-state index is 5.65. The zero-order chi connectivity index (χ0) is 13.0. The predicted molar refractivity (Wildman–Crippen MR) is 76.8 cm³/mol. The zero-order valence-corrected chi connectivity index (χ0v) is 11.9. The topological polar surface area (TPSA) is 29.3 Å². The van der Waals surface area contributed by atoms with Gasteiger partial charge < -0.3 is 10.6 Å². The summed E-state index contributed by atoms with van der Waals surface area (Å²) in [5, 5.41) is 0. The van der Waals surface area contributed by atoms with Gasteiger partial charge in [0, 0.05) is 19.3 Å². The Morgan fingerprint density at radius 1 is 1.18 bits per heavy atom. The first-order valence-corrected chi connectivity index (χ1v) is 6.45. The Balaban J connectivity index is 2.76. The normalized spacial score (nSPS) is 12.6. The van der Waals surface area contributed by atoms with E-state index in [-0.39, 0.29) is 0 Å².